The van der Waals surface area contributed by atoms with Crippen LogP contribution in [0.3, 0.4) is 0 Å². The van der Waals surface area contributed by atoms with Crippen LogP contribution in [0, 0.1) is 6.92 Å². The second kappa shape index (κ2) is 12.5. The molecule has 1 saturated heterocycles. The van der Waals surface area contributed by atoms with Crippen LogP contribution in [-0.4, -0.2) is 63.8 Å². The fourth-order valence-electron chi connectivity index (χ4n) is 5.11. The number of carbonyl (C=O) groups excluding carboxylic acids is 1. The van der Waals surface area contributed by atoms with Crippen molar-refractivity contribution in [2.45, 2.75) is 24.3 Å². The Hall–Kier alpha value is -4.57. The van der Waals surface area contributed by atoms with Crippen molar-refractivity contribution in [1.82, 2.24) is 24.6 Å². The highest BCUT2D eigenvalue weighted by Crippen LogP contribution is 2.28. The first-order chi connectivity index (χ1) is 20.6. The molecule has 9 nitrogen and oxygen atoms in total. The standard InChI is InChI=1S/C32H32N6O3S/c1-23-8-6-7-11-28(23)36-16-18-37(19-17-36)31(39)27-21-41-30(33-27)22-42-32-35-34-29(20-24-9-4-3-5-10-24)38(32)25-12-14-26(40-2)15-13-25/h3-15,21H,16-20,22H2,1-2H3. The van der Waals surface area contributed by atoms with E-state index in [1.807, 2.05) is 58.0 Å². The number of amides is 1. The molecule has 3 aromatic carbocycles. The van der Waals surface area contributed by atoms with Crippen molar-refractivity contribution in [2.75, 3.05) is 38.2 Å². The Morgan fingerprint density at radius 3 is 2.40 bits per heavy atom. The highest BCUT2D eigenvalue weighted by atomic mass is 32.2. The molecule has 2 aromatic heterocycles. The fraction of sp³-hybridized carbons (Fsp3) is 0.250. The summed E-state index contributed by atoms with van der Waals surface area (Å²) in [5.41, 5.74) is 4.87. The quantitative estimate of drug-likeness (QED) is 0.214. The highest BCUT2D eigenvalue weighted by Gasteiger charge is 2.25. The zero-order valence-corrected chi connectivity index (χ0v) is 24.5. The highest BCUT2D eigenvalue weighted by molar-refractivity contribution is 7.98. The topological polar surface area (TPSA) is 89.5 Å². The Balaban J connectivity index is 1.13. The summed E-state index contributed by atoms with van der Waals surface area (Å²) in [4.78, 5) is 21.9. The lowest BCUT2D eigenvalue weighted by atomic mass is 10.1. The van der Waals surface area contributed by atoms with E-state index in [0.717, 1.165) is 35.9 Å². The molecule has 214 valence electrons. The molecule has 0 saturated carbocycles. The van der Waals surface area contributed by atoms with Gasteiger partial charge in [-0.15, -0.1) is 10.2 Å². The molecule has 5 aromatic rings. The van der Waals surface area contributed by atoms with E-state index in [0.29, 0.717) is 42.0 Å². The Kier molecular flexibility index (Phi) is 8.23. The van der Waals surface area contributed by atoms with Crippen molar-refractivity contribution < 1.29 is 13.9 Å². The number of ether oxygens (including phenoxy) is 1. The molecule has 0 spiro atoms. The van der Waals surface area contributed by atoms with Gasteiger partial charge in [0.25, 0.3) is 5.91 Å². The Bertz CT molecular complexity index is 1640. The largest absolute Gasteiger partial charge is 0.497 e. The summed E-state index contributed by atoms with van der Waals surface area (Å²) in [6.07, 6.45) is 2.09. The Morgan fingerprint density at radius 1 is 0.929 bits per heavy atom. The third kappa shape index (κ3) is 6.03. The van der Waals surface area contributed by atoms with Crippen LogP contribution in [0.25, 0.3) is 5.69 Å². The van der Waals surface area contributed by atoms with Crippen LogP contribution in [0.15, 0.2) is 94.7 Å². The third-order valence-electron chi connectivity index (χ3n) is 7.35. The van der Waals surface area contributed by atoms with Gasteiger partial charge in [0.15, 0.2) is 10.9 Å². The second-order valence-electron chi connectivity index (χ2n) is 10.1. The number of aromatic nitrogens is 4. The summed E-state index contributed by atoms with van der Waals surface area (Å²) in [7, 11) is 1.65. The van der Waals surface area contributed by atoms with Crippen LogP contribution >= 0.6 is 11.8 Å². The Morgan fingerprint density at radius 2 is 1.67 bits per heavy atom. The van der Waals surface area contributed by atoms with Gasteiger partial charge >= 0.3 is 0 Å². The fourth-order valence-corrected chi connectivity index (χ4v) is 5.93. The van der Waals surface area contributed by atoms with E-state index in [2.05, 4.69) is 57.3 Å². The van der Waals surface area contributed by atoms with E-state index in [-0.39, 0.29) is 5.91 Å². The van der Waals surface area contributed by atoms with E-state index in [1.54, 1.807) is 7.11 Å². The summed E-state index contributed by atoms with van der Waals surface area (Å²) in [5.74, 6) is 2.37. The van der Waals surface area contributed by atoms with Crippen molar-refractivity contribution >= 4 is 23.4 Å². The number of anilines is 1. The van der Waals surface area contributed by atoms with Crippen molar-refractivity contribution in [1.29, 1.82) is 0 Å². The predicted octanol–water partition coefficient (Wildman–Crippen LogP) is 5.42. The number of rotatable bonds is 9. The van der Waals surface area contributed by atoms with Gasteiger partial charge in [-0.25, -0.2) is 4.98 Å². The molecule has 0 unspecified atom stereocenters. The number of oxazole rings is 1. The molecular weight excluding hydrogens is 548 g/mol. The van der Waals surface area contributed by atoms with E-state index in [1.165, 1.54) is 29.3 Å². The van der Waals surface area contributed by atoms with E-state index in [4.69, 9.17) is 9.15 Å². The number of benzene rings is 3. The molecule has 6 rings (SSSR count). The average Bonchev–Trinajstić information content (AvgIpc) is 3.68. The Labute approximate surface area is 249 Å². The van der Waals surface area contributed by atoms with Gasteiger partial charge in [-0.3, -0.25) is 9.36 Å². The lowest BCUT2D eigenvalue weighted by Crippen LogP contribution is -2.49. The summed E-state index contributed by atoms with van der Waals surface area (Å²) in [6, 6.07) is 26.4. The van der Waals surface area contributed by atoms with E-state index < -0.39 is 0 Å². The van der Waals surface area contributed by atoms with Crippen LogP contribution in [0.5, 0.6) is 5.75 Å². The number of carbonyl (C=O) groups is 1. The molecule has 1 fully saturated rings. The van der Waals surface area contributed by atoms with Crippen molar-refractivity contribution in [3.05, 3.63) is 114 Å². The minimum Gasteiger partial charge on any atom is -0.497 e. The van der Waals surface area contributed by atoms with Gasteiger partial charge in [0.2, 0.25) is 5.89 Å². The molecule has 3 heterocycles. The number of nitrogens with zero attached hydrogens (tertiary/aromatic N) is 6. The second-order valence-corrected chi connectivity index (χ2v) is 11.0. The van der Waals surface area contributed by atoms with Crippen molar-refractivity contribution in [3.63, 3.8) is 0 Å². The number of hydrogen-bond donors (Lipinski definition) is 0. The third-order valence-corrected chi connectivity index (χ3v) is 8.27. The van der Waals surface area contributed by atoms with Gasteiger partial charge in [0.05, 0.1) is 12.9 Å². The molecule has 10 heteroatoms. The summed E-state index contributed by atoms with van der Waals surface area (Å²) < 4.78 is 13.1. The molecule has 1 amide bonds. The molecule has 0 aliphatic carbocycles. The van der Waals surface area contributed by atoms with Crippen LogP contribution in [-0.2, 0) is 12.2 Å². The van der Waals surface area contributed by atoms with Gasteiger partial charge in [-0.05, 0) is 48.4 Å². The molecule has 0 radical (unpaired) electrons. The molecular formula is C32H32N6O3S. The van der Waals surface area contributed by atoms with Crippen LogP contribution in [0.2, 0.25) is 0 Å². The number of aryl methyl sites for hydroxylation is 1. The number of piperazine rings is 1. The first-order valence-electron chi connectivity index (χ1n) is 13.9. The number of methoxy groups -OCH3 is 1. The smallest absolute Gasteiger partial charge is 0.275 e. The molecule has 1 aliphatic rings. The van der Waals surface area contributed by atoms with Crippen LogP contribution in [0.4, 0.5) is 5.69 Å². The summed E-state index contributed by atoms with van der Waals surface area (Å²) in [6.45, 7) is 4.96. The van der Waals surface area contributed by atoms with Crippen LogP contribution in [0.1, 0.15) is 33.3 Å². The normalized spacial score (nSPS) is 13.4. The van der Waals surface area contributed by atoms with E-state index >= 15 is 0 Å². The lowest BCUT2D eigenvalue weighted by molar-refractivity contribution is 0.0740. The molecule has 0 N–H and O–H groups in total. The first kappa shape index (κ1) is 27.6. The molecule has 0 bridgehead atoms. The maximum Gasteiger partial charge on any atom is 0.275 e. The van der Waals surface area contributed by atoms with Gasteiger partial charge in [0.1, 0.15) is 17.8 Å². The van der Waals surface area contributed by atoms with E-state index in [9.17, 15) is 4.79 Å². The summed E-state index contributed by atoms with van der Waals surface area (Å²) >= 11 is 1.47. The summed E-state index contributed by atoms with van der Waals surface area (Å²) in [5, 5.41) is 9.72. The minimum atomic E-state index is -0.106. The van der Waals surface area contributed by atoms with Gasteiger partial charge in [-0.2, -0.15) is 0 Å². The number of para-hydroxylation sites is 1. The molecule has 0 atom stereocenters. The van der Waals surface area contributed by atoms with Gasteiger partial charge in [-0.1, -0.05) is 60.3 Å². The predicted molar refractivity (Wildman–Crippen MR) is 163 cm³/mol. The lowest BCUT2D eigenvalue weighted by Gasteiger charge is -2.36. The van der Waals surface area contributed by atoms with Crippen molar-refractivity contribution in [3.8, 4) is 11.4 Å². The van der Waals surface area contributed by atoms with Gasteiger partial charge in [0, 0.05) is 44.0 Å². The monoisotopic (exact) mass is 580 g/mol. The maximum absolute atomic E-state index is 13.2. The van der Waals surface area contributed by atoms with Gasteiger partial charge < -0.3 is 19.0 Å². The zero-order chi connectivity index (χ0) is 28.9. The average molecular weight is 581 g/mol. The SMILES string of the molecule is COc1ccc(-n2c(Cc3ccccc3)nnc2SCc2nc(C(=O)N3CCN(c4ccccc4C)CC3)co2)cc1. The number of thioether (sulfide) groups is 1. The van der Waals surface area contributed by atoms with Crippen LogP contribution < -0.4 is 9.64 Å². The number of hydrogen-bond acceptors (Lipinski definition) is 8. The van der Waals surface area contributed by atoms with Crippen molar-refractivity contribution in [2.24, 2.45) is 0 Å². The maximum atomic E-state index is 13.2. The molecule has 42 heavy (non-hydrogen) atoms. The minimum absolute atomic E-state index is 0.106. The zero-order valence-electron chi connectivity index (χ0n) is 23.6. The first-order valence-corrected chi connectivity index (χ1v) is 14.9. The molecule has 1 aliphatic heterocycles.